The number of unbranched alkanes of at least 4 members (excludes halogenated alkanes) is 1. The number of benzene rings is 1. The molecule has 1 aromatic carbocycles. The molecule has 0 radical (unpaired) electrons. The van der Waals surface area contributed by atoms with Crippen molar-refractivity contribution in [2.24, 2.45) is 12.0 Å². The van der Waals surface area contributed by atoms with Crippen molar-refractivity contribution in [3.63, 3.8) is 0 Å². The molecular formula is C21H30N8. The maximum atomic E-state index is 4.81. The number of nitrogens with zero attached hydrogens (tertiary/aromatic N) is 6. The number of aromatic nitrogens is 5. The molecule has 0 saturated heterocycles. The zero-order valence-electron chi connectivity index (χ0n) is 17.5. The third-order valence-electron chi connectivity index (χ3n) is 4.84. The number of hydrogen-bond donors (Lipinski definition) is 2. The molecule has 154 valence electrons. The topological polar surface area (TPSA) is 84.9 Å². The number of guanidine groups is 1. The standard InChI is InChI=1S/C21H30N8/c1-4-5-11-22-21(24-15-20-27-26-17(2)28(20)3)23-14-18-9-6-7-10-19(18)16-29-13-8-12-25-29/h6-10,12-13H,4-5,11,14-16H2,1-3H3,(H2,22,23,24). The van der Waals surface area contributed by atoms with Gasteiger partial charge in [-0.1, -0.05) is 37.6 Å². The van der Waals surface area contributed by atoms with Crippen LogP contribution in [0, 0.1) is 6.92 Å². The summed E-state index contributed by atoms with van der Waals surface area (Å²) in [7, 11) is 1.97. The third-order valence-corrected chi connectivity index (χ3v) is 4.84. The van der Waals surface area contributed by atoms with Crippen molar-refractivity contribution in [3.8, 4) is 0 Å². The first-order valence-corrected chi connectivity index (χ1v) is 10.1. The summed E-state index contributed by atoms with van der Waals surface area (Å²) in [6, 6.07) is 10.3. The van der Waals surface area contributed by atoms with Gasteiger partial charge in [0.05, 0.1) is 19.6 Å². The van der Waals surface area contributed by atoms with Crippen LogP contribution >= 0.6 is 0 Å². The lowest BCUT2D eigenvalue weighted by Gasteiger charge is -2.13. The molecule has 0 unspecified atom stereocenters. The third kappa shape index (κ3) is 5.91. The Morgan fingerprint density at radius 2 is 1.93 bits per heavy atom. The second-order valence-electron chi connectivity index (χ2n) is 6.99. The SMILES string of the molecule is CCCCNC(=NCc1ccccc1Cn1cccn1)NCc1nnc(C)n1C. The first kappa shape index (κ1) is 20.6. The van der Waals surface area contributed by atoms with E-state index in [4.69, 9.17) is 4.99 Å². The van der Waals surface area contributed by atoms with Gasteiger partial charge >= 0.3 is 0 Å². The van der Waals surface area contributed by atoms with E-state index in [1.54, 1.807) is 6.20 Å². The van der Waals surface area contributed by atoms with Crippen LogP contribution in [0.3, 0.4) is 0 Å². The van der Waals surface area contributed by atoms with Gasteiger partial charge in [0, 0.05) is 26.0 Å². The molecule has 8 nitrogen and oxygen atoms in total. The van der Waals surface area contributed by atoms with Gasteiger partial charge in [-0.3, -0.25) is 4.68 Å². The fraction of sp³-hybridized carbons (Fsp3) is 0.429. The maximum Gasteiger partial charge on any atom is 0.191 e. The maximum absolute atomic E-state index is 4.81. The Labute approximate surface area is 172 Å². The largest absolute Gasteiger partial charge is 0.356 e. The van der Waals surface area contributed by atoms with E-state index in [2.05, 4.69) is 57.1 Å². The summed E-state index contributed by atoms with van der Waals surface area (Å²) in [5, 5.41) is 19.4. The minimum Gasteiger partial charge on any atom is -0.356 e. The second-order valence-corrected chi connectivity index (χ2v) is 6.99. The lowest BCUT2D eigenvalue weighted by Crippen LogP contribution is -2.38. The zero-order valence-corrected chi connectivity index (χ0v) is 17.5. The van der Waals surface area contributed by atoms with Gasteiger partial charge in [-0.15, -0.1) is 10.2 Å². The molecule has 0 amide bonds. The number of aryl methyl sites for hydroxylation is 1. The molecule has 3 rings (SSSR count). The van der Waals surface area contributed by atoms with Crippen molar-refractivity contribution in [1.82, 2.24) is 35.2 Å². The summed E-state index contributed by atoms with van der Waals surface area (Å²) in [5.41, 5.74) is 2.41. The minimum absolute atomic E-state index is 0.574. The monoisotopic (exact) mass is 394 g/mol. The summed E-state index contributed by atoms with van der Waals surface area (Å²) >= 11 is 0. The van der Waals surface area contributed by atoms with Crippen molar-refractivity contribution < 1.29 is 0 Å². The highest BCUT2D eigenvalue weighted by Crippen LogP contribution is 2.11. The van der Waals surface area contributed by atoms with Crippen LogP contribution < -0.4 is 10.6 Å². The van der Waals surface area contributed by atoms with E-state index in [0.717, 1.165) is 43.5 Å². The molecule has 0 aliphatic heterocycles. The van der Waals surface area contributed by atoms with Gasteiger partial charge < -0.3 is 15.2 Å². The number of aliphatic imine (C=N–C) groups is 1. The van der Waals surface area contributed by atoms with Crippen LogP contribution in [0.15, 0.2) is 47.7 Å². The summed E-state index contributed by atoms with van der Waals surface area (Å²) in [4.78, 5) is 4.81. The Morgan fingerprint density at radius 3 is 2.62 bits per heavy atom. The molecule has 0 aliphatic rings. The van der Waals surface area contributed by atoms with Crippen molar-refractivity contribution in [2.45, 2.75) is 46.3 Å². The number of hydrogen-bond acceptors (Lipinski definition) is 4. The normalized spacial score (nSPS) is 11.6. The predicted octanol–water partition coefficient (Wildman–Crippen LogP) is 2.40. The van der Waals surface area contributed by atoms with Gasteiger partial charge in [-0.2, -0.15) is 5.10 Å². The van der Waals surface area contributed by atoms with Crippen LogP contribution in [0.2, 0.25) is 0 Å². The Kier molecular flexibility index (Phi) is 7.38. The molecule has 0 atom stereocenters. The minimum atomic E-state index is 0.574. The highest BCUT2D eigenvalue weighted by Gasteiger charge is 2.07. The van der Waals surface area contributed by atoms with Crippen LogP contribution in [0.1, 0.15) is 42.5 Å². The van der Waals surface area contributed by atoms with Gasteiger partial charge in [0.2, 0.25) is 0 Å². The van der Waals surface area contributed by atoms with E-state index in [1.165, 1.54) is 11.1 Å². The average molecular weight is 395 g/mol. The molecule has 2 N–H and O–H groups in total. The van der Waals surface area contributed by atoms with E-state index < -0.39 is 0 Å². The molecule has 2 heterocycles. The lowest BCUT2D eigenvalue weighted by molar-refractivity contribution is 0.678. The molecule has 0 bridgehead atoms. The molecule has 0 saturated carbocycles. The molecule has 0 fully saturated rings. The molecular weight excluding hydrogens is 364 g/mol. The van der Waals surface area contributed by atoms with Gasteiger partial charge in [-0.05, 0) is 30.5 Å². The van der Waals surface area contributed by atoms with Crippen molar-refractivity contribution in [2.75, 3.05) is 6.54 Å². The zero-order chi connectivity index (χ0) is 20.5. The Hall–Kier alpha value is -3.16. The Morgan fingerprint density at radius 1 is 1.10 bits per heavy atom. The van der Waals surface area contributed by atoms with Crippen LogP contribution in [0.5, 0.6) is 0 Å². The molecule has 0 aliphatic carbocycles. The molecule has 0 spiro atoms. The fourth-order valence-electron chi connectivity index (χ4n) is 2.92. The molecule has 2 aromatic heterocycles. The molecule has 3 aromatic rings. The Bertz CT molecular complexity index is 911. The highest BCUT2D eigenvalue weighted by molar-refractivity contribution is 5.79. The summed E-state index contributed by atoms with van der Waals surface area (Å²) in [6.07, 6.45) is 6.01. The first-order valence-electron chi connectivity index (χ1n) is 10.1. The van der Waals surface area contributed by atoms with E-state index in [-0.39, 0.29) is 0 Å². The van der Waals surface area contributed by atoms with Crippen LogP contribution in [0.25, 0.3) is 0 Å². The number of nitrogens with one attached hydrogen (secondary N) is 2. The molecule has 8 heteroatoms. The fourth-order valence-corrected chi connectivity index (χ4v) is 2.92. The number of rotatable bonds is 9. The average Bonchev–Trinajstić information content (AvgIpc) is 3.35. The van der Waals surface area contributed by atoms with Crippen molar-refractivity contribution in [3.05, 3.63) is 65.5 Å². The summed E-state index contributed by atoms with van der Waals surface area (Å²) in [6.45, 7) is 6.92. The van der Waals surface area contributed by atoms with E-state index in [9.17, 15) is 0 Å². The Balaban J connectivity index is 1.69. The van der Waals surface area contributed by atoms with E-state index >= 15 is 0 Å². The second kappa shape index (κ2) is 10.4. The van der Waals surface area contributed by atoms with Gasteiger partial charge in [-0.25, -0.2) is 4.99 Å². The van der Waals surface area contributed by atoms with Gasteiger partial charge in [0.25, 0.3) is 0 Å². The van der Waals surface area contributed by atoms with Gasteiger partial charge in [0.15, 0.2) is 11.8 Å². The lowest BCUT2D eigenvalue weighted by atomic mass is 10.1. The quantitative estimate of drug-likeness (QED) is 0.331. The summed E-state index contributed by atoms with van der Waals surface area (Å²) < 4.78 is 3.91. The van der Waals surface area contributed by atoms with Gasteiger partial charge in [0.1, 0.15) is 5.82 Å². The van der Waals surface area contributed by atoms with E-state index in [1.807, 2.05) is 35.5 Å². The van der Waals surface area contributed by atoms with Crippen LogP contribution in [0.4, 0.5) is 0 Å². The molecule has 29 heavy (non-hydrogen) atoms. The van der Waals surface area contributed by atoms with Crippen molar-refractivity contribution >= 4 is 5.96 Å². The highest BCUT2D eigenvalue weighted by atomic mass is 15.3. The smallest absolute Gasteiger partial charge is 0.191 e. The van der Waals surface area contributed by atoms with Crippen molar-refractivity contribution in [1.29, 1.82) is 0 Å². The summed E-state index contributed by atoms with van der Waals surface area (Å²) in [5.74, 6) is 2.56. The first-order chi connectivity index (χ1) is 14.2. The predicted molar refractivity (Wildman–Crippen MR) is 114 cm³/mol. The van der Waals surface area contributed by atoms with Crippen LogP contribution in [-0.4, -0.2) is 37.0 Å². The van der Waals surface area contributed by atoms with E-state index in [0.29, 0.717) is 13.1 Å². The van der Waals surface area contributed by atoms with Crippen LogP contribution in [-0.2, 0) is 26.7 Å².